The van der Waals surface area contributed by atoms with E-state index in [1.165, 1.54) is 17.0 Å². The molecule has 29 heavy (non-hydrogen) atoms. The molecule has 1 aliphatic rings. The zero-order chi connectivity index (χ0) is 20.9. The zero-order valence-corrected chi connectivity index (χ0v) is 14.9. The number of anilines is 1. The first kappa shape index (κ1) is 18.9. The molecule has 3 aromatic rings. The molecule has 4 rings (SSSR count). The van der Waals surface area contributed by atoms with Gasteiger partial charge < -0.3 is 15.7 Å². The van der Waals surface area contributed by atoms with Gasteiger partial charge in [-0.3, -0.25) is 9.36 Å². The number of pyridine rings is 2. The molecule has 3 N–H and O–H groups in total. The summed E-state index contributed by atoms with van der Waals surface area (Å²) in [5, 5.41) is 8.35. The number of nitrogens with zero attached hydrogens (tertiary/aromatic N) is 3. The number of carbonyl (C=O) groups is 1. The molecule has 1 aromatic carbocycles. The fourth-order valence-corrected chi connectivity index (χ4v) is 3.49. The van der Waals surface area contributed by atoms with Crippen LogP contribution >= 0.6 is 0 Å². The van der Waals surface area contributed by atoms with Crippen LogP contribution in [0, 0.1) is 17.6 Å². The van der Waals surface area contributed by atoms with Crippen molar-refractivity contribution in [2.75, 3.05) is 18.0 Å². The van der Waals surface area contributed by atoms with E-state index in [0.29, 0.717) is 17.5 Å². The molecule has 0 amide bonds. The highest BCUT2D eigenvalue weighted by Gasteiger charge is 2.31. The molecule has 0 aliphatic carbocycles. The van der Waals surface area contributed by atoms with Gasteiger partial charge in [-0.1, -0.05) is 18.2 Å². The average Bonchev–Trinajstić information content (AvgIpc) is 3.11. The van der Waals surface area contributed by atoms with E-state index in [0.717, 1.165) is 0 Å². The highest BCUT2D eigenvalue weighted by Crippen LogP contribution is 2.29. The lowest BCUT2D eigenvalue weighted by Gasteiger charge is -2.20. The first-order valence-electron chi connectivity index (χ1n) is 8.73. The molecule has 1 fully saturated rings. The first-order chi connectivity index (χ1) is 13.8. The number of carboxylic acids is 1. The predicted molar refractivity (Wildman–Crippen MR) is 99.0 cm³/mol. The van der Waals surface area contributed by atoms with Gasteiger partial charge in [-0.05, 0) is 18.6 Å². The highest BCUT2D eigenvalue weighted by molar-refractivity contribution is 5.93. The van der Waals surface area contributed by atoms with E-state index in [4.69, 9.17) is 5.73 Å². The second kappa shape index (κ2) is 6.89. The van der Waals surface area contributed by atoms with Crippen LogP contribution in [0.25, 0.3) is 16.7 Å². The number of aromatic nitrogens is 2. The first-order valence-corrected chi connectivity index (χ1v) is 8.73. The summed E-state index contributed by atoms with van der Waals surface area (Å²) in [4.78, 5) is 29.4. The third kappa shape index (κ3) is 2.92. The standard InChI is InChI=1S/C19H15F3N4O3/c20-13-11-15(27)12(19(28)29)16(22)26(10-4-2-1-3-5-10)17(11)24-18(14(13)21)25-7-6-9(23)8-25/h1-5,9H,6-8,23H2,(H,28,29). The summed E-state index contributed by atoms with van der Waals surface area (Å²) in [5.41, 5.74) is 2.63. The van der Waals surface area contributed by atoms with Crippen molar-refractivity contribution in [3.63, 3.8) is 0 Å². The Balaban J connectivity index is 2.15. The van der Waals surface area contributed by atoms with Crippen LogP contribution in [0.1, 0.15) is 16.8 Å². The third-order valence-corrected chi connectivity index (χ3v) is 4.86. The van der Waals surface area contributed by atoms with Gasteiger partial charge >= 0.3 is 5.97 Å². The van der Waals surface area contributed by atoms with Crippen LogP contribution in [0.5, 0.6) is 0 Å². The topological polar surface area (TPSA) is 101 Å². The van der Waals surface area contributed by atoms with Crippen molar-refractivity contribution in [1.82, 2.24) is 9.55 Å². The second-order valence-electron chi connectivity index (χ2n) is 6.73. The van der Waals surface area contributed by atoms with Crippen LogP contribution < -0.4 is 16.1 Å². The van der Waals surface area contributed by atoms with Crippen LogP contribution in [0.15, 0.2) is 35.1 Å². The smallest absolute Gasteiger partial charge is 0.344 e. The molecule has 3 heterocycles. The minimum Gasteiger partial charge on any atom is -0.477 e. The van der Waals surface area contributed by atoms with E-state index in [-0.39, 0.29) is 18.3 Å². The molecule has 150 valence electrons. The van der Waals surface area contributed by atoms with E-state index < -0.39 is 51.4 Å². The second-order valence-corrected chi connectivity index (χ2v) is 6.73. The third-order valence-electron chi connectivity index (χ3n) is 4.86. The number of halogens is 3. The van der Waals surface area contributed by atoms with Crippen molar-refractivity contribution < 1.29 is 23.1 Å². The summed E-state index contributed by atoms with van der Waals surface area (Å²) in [6, 6.07) is 7.30. The van der Waals surface area contributed by atoms with Gasteiger partial charge in [0.05, 0.1) is 0 Å². The quantitative estimate of drug-likeness (QED) is 0.648. The fourth-order valence-electron chi connectivity index (χ4n) is 3.49. The largest absolute Gasteiger partial charge is 0.477 e. The van der Waals surface area contributed by atoms with Gasteiger partial charge in [0.25, 0.3) is 0 Å². The lowest BCUT2D eigenvalue weighted by molar-refractivity contribution is 0.0689. The normalized spacial score (nSPS) is 16.6. The van der Waals surface area contributed by atoms with Gasteiger partial charge in [0.1, 0.15) is 5.39 Å². The summed E-state index contributed by atoms with van der Waals surface area (Å²) < 4.78 is 45.5. The Morgan fingerprint density at radius 3 is 2.45 bits per heavy atom. The van der Waals surface area contributed by atoms with Gasteiger partial charge in [-0.15, -0.1) is 0 Å². The lowest BCUT2D eigenvalue weighted by Crippen LogP contribution is -2.29. The summed E-state index contributed by atoms with van der Waals surface area (Å²) >= 11 is 0. The average molecular weight is 404 g/mol. The maximum absolute atomic E-state index is 15.1. The Morgan fingerprint density at radius 1 is 1.17 bits per heavy atom. The number of carboxylic acid groups (broad SMARTS) is 1. The fraction of sp³-hybridized carbons (Fsp3) is 0.211. The zero-order valence-electron chi connectivity index (χ0n) is 14.9. The molecule has 10 heteroatoms. The number of hydrogen-bond acceptors (Lipinski definition) is 5. The number of rotatable bonds is 3. The molecule has 0 spiro atoms. The molecule has 1 aliphatic heterocycles. The van der Waals surface area contributed by atoms with E-state index >= 15 is 4.39 Å². The highest BCUT2D eigenvalue weighted by atomic mass is 19.2. The van der Waals surface area contributed by atoms with E-state index in [2.05, 4.69) is 4.98 Å². The van der Waals surface area contributed by atoms with Crippen molar-refractivity contribution in [3.05, 3.63) is 63.7 Å². The monoisotopic (exact) mass is 404 g/mol. The van der Waals surface area contributed by atoms with E-state index in [1.54, 1.807) is 18.2 Å². The Morgan fingerprint density at radius 2 is 1.86 bits per heavy atom. The molecule has 1 saturated heterocycles. The van der Waals surface area contributed by atoms with E-state index in [9.17, 15) is 23.5 Å². The summed E-state index contributed by atoms with van der Waals surface area (Å²) in [6.45, 7) is 0.515. The van der Waals surface area contributed by atoms with Gasteiger partial charge in [-0.25, -0.2) is 14.2 Å². The molecular weight excluding hydrogens is 389 g/mol. The number of benzene rings is 1. The van der Waals surface area contributed by atoms with Crippen LogP contribution in [-0.2, 0) is 0 Å². The number of para-hydroxylation sites is 1. The Labute approximate surface area is 161 Å². The van der Waals surface area contributed by atoms with E-state index in [1.807, 2.05) is 0 Å². The van der Waals surface area contributed by atoms with Crippen LogP contribution in [0.4, 0.5) is 19.0 Å². The van der Waals surface area contributed by atoms with Gasteiger partial charge in [-0.2, -0.15) is 8.78 Å². The van der Waals surface area contributed by atoms with Crippen molar-refractivity contribution in [2.24, 2.45) is 5.73 Å². The number of hydrogen-bond donors (Lipinski definition) is 2. The van der Waals surface area contributed by atoms with Crippen molar-refractivity contribution >= 4 is 22.8 Å². The van der Waals surface area contributed by atoms with Gasteiger partial charge in [0.15, 0.2) is 22.8 Å². The number of aromatic carboxylic acids is 1. The molecule has 0 saturated carbocycles. The molecule has 2 aromatic heterocycles. The van der Waals surface area contributed by atoms with Crippen LogP contribution in [-0.4, -0.2) is 39.8 Å². The predicted octanol–water partition coefficient (Wildman–Crippen LogP) is 2.04. The van der Waals surface area contributed by atoms with Crippen LogP contribution in [0.3, 0.4) is 0 Å². The number of nitrogens with two attached hydrogens (primary N) is 1. The Bertz CT molecular complexity index is 1200. The van der Waals surface area contributed by atoms with Gasteiger partial charge in [0, 0.05) is 24.8 Å². The maximum Gasteiger partial charge on any atom is 0.344 e. The molecule has 0 bridgehead atoms. The van der Waals surface area contributed by atoms with Crippen LogP contribution in [0.2, 0.25) is 0 Å². The Kier molecular flexibility index (Phi) is 4.50. The van der Waals surface area contributed by atoms with Crippen molar-refractivity contribution in [1.29, 1.82) is 0 Å². The molecule has 1 atom stereocenters. The van der Waals surface area contributed by atoms with Crippen molar-refractivity contribution in [2.45, 2.75) is 12.5 Å². The summed E-state index contributed by atoms with van der Waals surface area (Å²) in [7, 11) is 0. The SMILES string of the molecule is NC1CCN(c2nc3c(c(F)c2F)c(=O)c(C(=O)O)c(F)n3-c2ccccc2)C1. The summed E-state index contributed by atoms with van der Waals surface area (Å²) in [5.74, 6) is -6.72. The van der Waals surface area contributed by atoms with Crippen molar-refractivity contribution in [3.8, 4) is 5.69 Å². The Hall–Kier alpha value is -3.40. The molecule has 1 unspecified atom stereocenters. The minimum absolute atomic E-state index is 0.0973. The maximum atomic E-state index is 15.1. The lowest BCUT2D eigenvalue weighted by atomic mass is 10.1. The molecule has 0 radical (unpaired) electrons. The molecule has 7 nitrogen and oxygen atoms in total. The van der Waals surface area contributed by atoms with Gasteiger partial charge in [0.2, 0.25) is 17.2 Å². The minimum atomic E-state index is -1.89. The summed E-state index contributed by atoms with van der Waals surface area (Å²) in [6.07, 6.45) is 0.526. The molecular formula is C19H15F3N4O3. The number of fused-ring (bicyclic) bond motifs is 1.